The fourth-order valence-corrected chi connectivity index (χ4v) is 4.44. The summed E-state index contributed by atoms with van der Waals surface area (Å²) in [5.74, 6) is 0.0738. The lowest BCUT2D eigenvalue weighted by atomic mass is 10.2. The maximum Gasteiger partial charge on any atom is 0.330 e. The highest BCUT2D eigenvalue weighted by molar-refractivity contribution is 7.91. The van der Waals surface area contributed by atoms with E-state index in [2.05, 4.69) is 4.74 Å². The molecule has 1 fully saturated rings. The number of hydrogen-bond acceptors (Lipinski definition) is 7. The van der Waals surface area contributed by atoms with Gasteiger partial charge in [0.05, 0.1) is 25.7 Å². The van der Waals surface area contributed by atoms with Crippen molar-refractivity contribution in [2.24, 2.45) is 0 Å². The minimum absolute atomic E-state index is 0.0141. The SMILES string of the molecule is COC(=O)/C=C/c1ccc(OCC(=O)N(C)C2CCS(=O)(=O)C2)c(OC)c1. The highest BCUT2D eigenvalue weighted by Gasteiger charge is 2.32. The van der Waals surface area contributed by atoms with E-state index >= 15 is 0 Å². The summed E-state index contributed by atoms with van der Waals surface area (Å²) in [6.45, 7) is -0.235. The van der Waals surface area contributed by atoms with Gasteiger partial charge in [-0.15, -0.1) is 0 Å². The third kappa shape index (κ3) is 5.72. The molecule has 2 rings (SSSR count). The molecule has 1 unspecified atom stereocenters. The molecule has 1 atom stereocenters. The maximum atomic E-state index is 12.3. The maximum absolute atomic E-state index is 12.3. The zero-order chi connectivity index (χ0) is 20.0. The Morgan fingerprint density at radius 1 is 1.26 bits per heavy atom. The van der Waals surface area contributed by atoms with Crippen LogP contribution in [0.25, 0.3) is 6.08 Å². The molecule has 9 heteroatoms. The normalized spacial score (nSPS) is 18.3. The number of sulfone groups is 1. The van der Waals surface area contributed by atoms with Crippen LogP contribution in [0.1, 0.15) is 12.0 Å². The standard InChI is InChI=1S/C18H23NO7S/c1-19(14-8-9-27(22,23)12-14)17(20)11-26-15-6-4-13(10-16(15)24-2)5-7-18(21)25-3/h4-7,10,14H,8-9,11-12H2,1-3H3/b7-5+. The van der Waals surface area contributed by atoms with E-state index in [1.54, 1.807) is 31.3 Å². The summed E-state index contributed by atoms with van der Waals surface area (Å²) in [7, 11) is 1.27. The third-order valence-electron chi connectivity index (χ3n) is 4.30. The van der Waals surface area contributed by atoms with Crippen molar-refractivity contribution in [1.82, 2.24) is 4.90 Å². The van der Waals surface area contributed by atoms with Crippen LogP contribution in [0.3, 0.4) is 0 Å². The molecule has 0 saturated carbocycles. The van der Waals surface area contributed by atoms with E-state index in [1.807, 2.05) is 0 Å². The number of esters is 1. The summed E-state index contributed by atoms with van der Waals surface area (Å²) in [5, 5.41) is 0. The molecule has 1 aliphatic rings. The van der Waals surface area contributed by atoms with Gasteiger partial charge in [-0.05, 0) is 30.2 Å². The number of methoxy groups -OCH3 is 2. The lowest BCUT2D eigenvalue weighted by molar-refractivity contribution is -0.135. The smallest absolute Gasteiger partial charge is 0.330 e. The van der Waals surface area contributed by atoms with Crippen LogP contribution in [0, 0.1) is 0 Å². The molecule has 0 N–H and O–H groups in total. The molecule has 1 heterocycles. The van der Waals surface area contributed by atoms with Crippen LogP contribution in [0.4, 0.5) is 0 Å². The van der Waals surface area contributed by atoms with Gasteiger partial charge in [-0.3, -0.25) is 4.79 Å². The molecule has 27 heavy (non-hydrogen) atoms. The molecule has 1 aromatic carbocycles. The van der Waals surface area contributed by atoms with Crippen LogP contribution in [0.15, 0.2) is 24.3 Å². The Bertz CT molecular complexity index is 832. The molecular formula is C18H23NO7S. The molecule has 0 spiro atoms. The van der Waals surface area contributed by atoms with Gasteiger partial charge >= 0.3 is 5.97 Å². The van der Waals surface area contributed by atoms with E-state index in [-0.39, 0.29) is 30.1 Å². The number of benzene rings is 1. The lowest BCUT2D eigenvalue weighted by Gasteiger charge is -2.23. The van der Waals surface area contributed by atoms with Crippen LogP contribution in [-0.2, 0) is 24.2 Å². The van der Waals surface area contributed by atoms with Crippen LogP contribution >= 0.6 is 0 Å². The van der Waals surface area contributed by atoms with E-state index in [1.165, 1.54) is 25.2 Å². The van der Waals surface area contributed by atoms with E-state index in [4.69, 9.17) is 9.47 Å². The number of carbonyl (C=O) groups excluding carboxylic acids is 2. The highest BCUT2D eigenvalue weighted by Crippen LogP contribution is 2.28. The Kier molecular flexibility index (Phi) is 6.84. The highest BCUT2D eigenvalue weighted by atomic mass is 32.2. The number of hydrogen-bond donors (Lipinski definition) is 0. The van der Waals surface area contributed by atoms with Gasteiger partial charge in [0.2, 0.25) is 0 Å². The number of amides is 1. The first-order valence-corrected chi connectivity index (χ1v) is 10.1. The van der Waals surface area contributed by atoms with Crippen molar-refractivity contribution >= 4 is 27.8 Å². The molecular weight excluding hydrogens is 374 g/mol. The van der Waals surface area contributed by atoms with Crippen LogP contribution < -0.4 is 9.47 Å². The summed E-state index contributed by atoms with van der Waals surface area (Å²) in [6, 6.07) is 4.67. The van der Waals surface area contributed by atoms with Gasteiger partial charge in [-0.25, -0.2) is 13.2 Å². The summed E-state index contributed by atoms with van der Waals surface area (Å²) >= 11 is 0. The monoisotopic (exact) mass is 397 g/mol. The number of nitrogens with zero attached hydrogens (tertiary/aromatic N) is 1. The average molecular weight is 397 g/mol. The molecule has 0 bridgehead atoms. The molecule has 0 aromatic heterocycles. The zero-order valence-electron chi connectivity index (χ0n) is 15.5. The summed E-state index contributed by atoms with van der Waals surface area (Å²) in [5.41, 5.74) is 0.698. The summed E-state index contributed by atoms with van der Waals surface area (Å²) < 4.78 is 38.5. The van der Waals surface area contributed by atoms with E-state index in [0.29, 0.717) is 23.5 Å². The lowest BCUT2D eigenvalue weighted by Crippen LogP contribution is -2.40. The molecule has 1 amide bonds. The molecule has 0 radical (unpaired) electrons. The minimum atomic E-state index is -3.06. The van der Waals surface area contributed by atoms with Crippen molar-refractivity contribution in [3.05, 3.63) is 29.8 Å². The van der Waals surface area contributed by atoms with Crippen molar-refractivity contribution in [3.63, 3.8) is 0 Å². The second kappa shape index (κ2) is 8.90. The quantitative estimate of drug-likeness (QED) is 0.498. The van der Waals surface area contributed by atoms with Crippen molar-refractivity contribution in [1.29, 1.82) is 0 Å². The van der Waals surface area contributed by atoms with Crippen molar-refractivity contribution < 1.29 is 32.2 Å². The van der Waals surface area contributed by atoms with E-state index in [9.17, 15) is 18.0 Å². The molecule has 148 valence electrons. The Morgan fingerprint density at radius 3 is 2.59 bits per heavy atom. The van der Waals surface area contributed by atoms with Gasteiger partial charge in [-0.1, -0.05) is 6.07 Å². The van der Waals surface area contributed by atoms with Gasteiger partial charge in [0.25, 0.3) is 5.91 Å². The van der Waals surface area contributed by atoms with Crippen molar-refractivity contribution in [3.8, 4) is 11.5 Å². The molecule has 1 aliphatic heterocycles. The average Bonchev–Trinajstić information content (AvgIpc) is 3.03. The zero-order valence-corrected chi connectivity index (χ0v) is 16.3. The number of carbonyl (C=O) groups is 2. The first kappa shape index (κ1) is 20.8. The Morgan fingerprint density at radius 2 is 2.00 bits per heavy atom. The van der Waals surface area contributed by atoms with E-state index in [0.717, 1.165) is 0 Å². The largest absolute Gasteiger partial charge is 0.493 e. The van der Waals surface area contributed by atoms with Gasteiger partial charge in [-0.2, -0.15) is 0 Å². The first-order valence-electron chi connectivity index (χ1n) is 8.28. The number of ether oxygens (including phenoxy) is 3. The third-order valence-corrected chi connectivity index (χ3v) is 6.05. The molecule has 1 saturated heterocycles. The second-order valence-electron chi connectivity index (χ2n) is 6.12. The van der Waals surface area contributed by atoms with Gasteiger partial charge in [0.15, 0.2) is 27.9 Å². The first-order chi connectivity index (χ1) is 12.8. The Labute approximate surface area is 158 Å². The van der Waals surface area contributed by atoms with Crippen LogP contribution in [0.5, 0.6) is 11.5 Å². The molecule has 8 nitrogen and oxygen atoms in total. The van der Waals surface area contributed by atoms with Crippen molar-refractivity contribution in [2.75, 3.05) is 39.4 Å². The molecule has 0 aliphatic carbocycles. The van der Waals surface area contributed by atoms with Gasteiger partial charge in [0, 0.05) is 19.2 Å². The number of rotatable bonds is 7. The predicted octanol–water partition coefficient (Wildman–Crippen LogP) is 0.906. The summed E-state index contributed by atoms with van der Waals surface area (Å²) in [4.78, 5) is 24.9. The van der Waals surface area contributed by atoms with Gasteiger partial charge in [0.1, 0.15) is 0 Å². The van der Waals surface area contributed by atoms with Crippen LogP contribution in [0.2, 0.25) is 0 Å². The Balaban J connectivity index is 1.99. The molecule has 1 aromatic rings. The van der Waals surface area contributed by atoms with Gasteiger partial charge < -0.3 is 19.1 Å². The van der Waals surface area contributed by atoms with Crippen molar-refractivity contribution in [2.45, 2.75) is 12.5 Å². The van der Waals surface area contributed by atoms with E-state index < -0.39 is 15.8 Å². The fraction of sp³-hybridized carbons (Fsp3) is 0.444. The predicted molar refractivity (Wildman–Crippen MR) is 99.4 cm³/mol. The van der Waals surface area contributed by atoms with Crippen LogP contribution in [-0.4, -0.2) is 70.6 Å². The topological polar surface area (TPSA) is 99.2 Å². The fourth-order valence-electron chi connectivity index (χ4n) is 2.67. The minimum Gasteiger partial charge on any atom is -0.493 e. The summed E-state index contributed by atoms with van der Waals surface area (Å²) in [6.07, 6.45) is 3.29. The number of likely N-dealkylation sites (N-methyl/N-ethyl adjacent to an activating group) is 1. The second-order valence-corrected chi connectivity index (χ2v) is 8.35. The Hall–Kier alpha value is -2.55.